The van der Waals surface area contributed by atoms with Crippen LogP contribution in [0.15, 0.2) is 22.6 Å². The maximum atomic E-state index is 12.2. The van der Waals surface area contributed by atoms with Crippen LogP contribution in [0.3, 0.4) is 0 Å². The maximum Gasteiger partial charge on any atom is 0.239 e. The van der Waals surface area contributed by atoms with Crippen LogP contribution in [0.1, 0.15) is 26.7 Å². The van der Waals surface area contributed by atoms with Crippen molar-refractivity contribution in [1.82, 2.24) is 4.31 Å². The topological polar surface area (TPSA) is 37.4 Å². The standard InChI is InChI=1S/C11H18BrNO2S/c1-3-13(4-2)16(14,15)11-7-5-10(9-12)6-8-11/h5,7H,3-4,6,8-9H2,1-2H3. The van der Waals surface area contributed by atoms with E-state index in [1.165, 1.54) is 9.88 Å². The summed E-state index contributed by atoms with van der Waals surface area (Å²) in [6, 6.07) is 0. The molecule has 0 fully saturated rings. The molecule has 0 saturated carbocycles. The van der Waals surface area contributed by atoms with Crippen molar-refractivity contribution in [3.63, 3.8) is 0 Å². The third-order valence-corrected chi connectivity index (χ3v) is 5.67. The molecule has 1 aliphatic rings. The monoisotopic (exact) mass is 307 g/mol. The molecule has 0 aromatic rings. The van der Waals surface area contributed by atoms with Gasteiger partial charge in [0, 0.05) is 18.4 Å². The summed E-state index contributed by atoms with van der Waals surface area (Å²) in [6.07, 6.45) is 5.11. The van der Waals surface area contributed by atoms with Gasteiger partial charge in [0.05, 0.1) is 4.91 Å². The Morgan fingerprint density at radius 3 is 2.25 bits per heavy atom. The summed E-state index contributed by atoms with van der Waals surface area (Å²) in [4.78, 5) is 0.543. The minimum atomic E-state index is -3.22. The summed E-state index contributed by atoms with van der Waals surface area (Å²) in [5.41, 5.74) is 1.25. The molecule has 0 radical (unpaired) electrons. The number of halogens is 1. The molecule has 0 amide bonds. The second-order valence-electron chi connectivity index (χ2n) is 3.68. The van der Waals surface area contributed by atoms with E-state index < -0.39 is 10.0 Å². The highest BCUT2D eigenvalue weighted by atomic mass is 79.9. The van der Waals surface area contributed by atoms with E-state index in [1.54, 1.807) is 6.08 Å². The Bertz CT molecular complexity index is 394. The zero-order chi connectivity index (χ0) is 12.2. The van der Waals surface area contributed by atoms with E-state index in [9.17, 15) is 8.42 Å². The molecule has 1 rings (SSSR count). The van der Waals surface area contributed by atoms with Crippen molar-refractivity contribution in [2.75, 3.05) is 18.4 Å². The van der Waals surface area contributed by atoms with Gasteiger partial charge in [-0.3, -0.25) is 0 Å². The van der Waals surface area contributed by atoms with Gasteiger partial charge in [0.25, 0.3) is 0 Å². The highest BCUT2D eigenvalue weighted by Gasteiger charge is 2.24. The molecule has 0 aromatic heterocycles. The molecule has 5 heteroatoms. The predicted molar refractivity (Wildman–Crippen MR) is 71.0 cm³/mol. The first-order valence-electron chi connectivity index (χ1n) is 5.51. The maximum absolute atomic E-state index is 12.2. The normalized spacial score (nSPS) is 17.2. The van der Waals surface area contributed by atoms with Crippen molar-refractivity contribution in [3.8, 4) is 0 Å². The van der Waals surface area contributed by atoms with Gasteiger partial charge in [0.15, 0.2) is 0 Å². The Balaban J connectivity index is 2.94. The molecule has 0 spiro atoms. The van der Waals surface area contributed by atoms with Crippen molar-refractivity contribution in [2.24, 2.45) is 0 Å². The summed E-state index contributed by atoms with van der Waals surface area (Å²) in [5, 5.41) is 0.822. The Hall–Kier alpha value is -0.130. The van der Waals surface area contributed by atoms with Gasteiger partial charge in [0.2, 0.25) is 10.0 Å². The first-order chi connectivity index (χ1) is 7.56. The number of allylic oxidation sites excluding steroid dienone is 4. The Morgan fingerprint density at radius 2 is 1.88 bits per heavy atom. The van der Waals surface area contributed by atoms with Crippen LogP contribution in [0.25, 0.3) is 0 Å². The van der Waals surface area contributed by atoms with Crippen LogP contribution in [0.4, 0.5) is 0 Å². The average Bonchev–Trinajstić information content (AvgIpc) is 2.30. The number of alkyl halides is 1. The van der Waals surface area contributed by atoms with Gasteiger partial charge >= 0.3 is 0 Å². The van der Waals surface area contributed by atoms with Crippen molar-refractivity contribution < 1.29 is 8.42 Å². The summed E-state index contributed by atoms with van der Waals surface area (Å²) in [5.74, 6) is 0. The molecule has 0 atom stereocenters. The summed E-state index contributed by atoms with van der Waals surface area (Å²) in [7, 11) is -3.22. The van der Waals surface area contributed by atoms with Gasteiger partial charge in [-0.05, 0) is 18.9 Å². The van der Waals surface area contributed by atoms with Crippen molar-refractivity contribution >= 4 is 26.0 Å². The third-order valence-electron chi connectivity index (χ3n) is 2.75. The van der Waals surface area contributed by atoms with E-state index in [4.69, 9.17) is 0 Å². The molecular weight excluding hydrogens is 290 g/mol. The van der Waals surface area contributed by atoms with Gasteiger partial charge in [-0.2, -0.15) is 4.31 Å². The minimum absolute atomic E-state index is 0.533. The quantitative estimate of drug-likeness (QED) is 0.732. The zero-order valence-corrected chi connectivity index (χ0v) is 12.1. The molecule has 0 saturated heterocycles. The van der Waals surface area contributed by atoms with Crippen molar-refractivity contribution in [1.29, 1.82) is 0 Å². The van der Waals surface area contributed by atoms with Crippen LogP contribution in [0, 0.1) is 0 Å². The Labute approximate surface area is 106 Å². The number of hydrogen-bond donors (Lipinski definition) is 0. The lowest BCUT2D eigenvalue weighted by Gasteiger charge is -2.22. The van der Waals surface area contributed by atoms with Gasteiger partial charge in [-0.15, -0.1) is 0 Å². The van der Waals surface area contributed by atoms with Crippen LogP contribution in [0.2, 0.25) is 0 Å². The smallest absolute Gasteiger partial charge is 0.207 e. The van der Waals surface area contributed by atoms with Crippen LogP contribution in [0.5, 0.6) is 0 Å². The van der Waals surface area contributed by atoms with E-state index >= 15 is 0 Å². The van der Waals surface area contributed by atoms with E-state index in [0.717, 1.165) is 11.8 Å². The fourth-order valence-corrected chi connectivity index (χ4v) is 3.80. The molecule has 0 bridgehead atoms. The first-order valence-corrected chi connectivity index (χ1v) is 8.07. The van der Waals surface area contributed by atoms with Crippen LogP contribution in [-0.4, -0.2) is 31.1 Å². The number of nitrogens with zero attached hydrogens (tertiary/aromatic N) is 1. The van der Waals surface area contributed by atoms with Gasteiger partial charge in [0.1, 0.15) is 0 Å². The SMILES string of the molecule is CCN(CC)S(=O)(=O)C1=CC=C(CBr)CC1. The molecule has 0 N–H and O–H groups in total. The highest BCUT2D eigenvalue weighted by molar-refractivity contribution is 9.09. The van der Waals surface area contributed by atoms with E-state index in [-0.39, 0.29) is 0 Å². The average molecular weight is 308 g/mol. The lowest BCUT2D eigenvalue weighted by Crippen LogP contribution is -2.32. The summed E-state index contributed by atoms with van der Waals surface area (Å²) >= 11 is 3.38. The largest absolute Gasteiger partial charge is 0.239 e. The van der Waals surface area contributed by atoms with Crippen LogP contribution in [-0.2, 0) is 10.0 Å². The predicted octanol–water partition coefficient (Wildman–Crippen LogP) is 2.66. The highest BCUT2D eigenvalue weighted by Crippen LogP contribution is 2.25. The van der Waals surface area contributed by atoms with Gasteiger partial charge in [-0.25, -0.2) is 8.42 Å². The van der Waals surface area contributed by atoms with Gasteiger partial charge in [-0.1, -0.05) is 41.4 Å². The molecule has 0 heterocycles. The van der Waals surface area contributed by atoms with Crippen LogP contribution >= 0.6 is 15.9 Å². The van der Waals surface area contributed by atoms with Crippen molar-refractivity contribution in [3.05, 3.63) is 22.6 Å². The molecule has 0 unspecified atom stereocenters. The minimum Gasteiger partial charge on any atom is -0.207 e. The lowest BCUT2D eigenvalue weighted by molar-refractivity contribution is 0.449. The third kappa shape index (κ3) is 2.96. The first kappa shape index (κ1) is 13.9. The molecule has 0 aliphatic heterocycles. The lowest BCUT2D eigenvalue weighted by atomic mass is 10.1. The second kappa shape index (κ2) is 5.98. The van der Waals surface area contributed by atoms with E-state index in [0.29, 0.717) is 24.4 Å². The molecule has 16 heavy (non-hydrogen) atoms. The zero-order valence-electron chi connectivity index (χ0n) is 9.74. The number of rotatable bonds is 5. The molecule has 92 valence electrons. The molecular formula is C11H18BrNO2S. The Morgan fingerprint density at radius 1 is 1.25 bits per heavy atom. The van der Waals surface area contributed by atoms with Gasteiger partial charge < -0.3 is 0 Å². The molecule has 1 aliphatic carbocycles. The second-order valence-corrected chi connectivity index (χ2v) is 6.23. The molecule has 0 aromatic carbocycles. The summed E-state index contributed by atoms with van der Waals surface area (Å²) < 4.78 is 25.8. The summed E-state index contributed by atoms with van der Waals surface area (Å²) in [6.45, 7) is 4.80. The fourth-order valence-electron chi connectivity index (χ4n) is 1.72. The molecule has 3 nitrogen and oxygen atoms in total. The van der Waals surface area contributed by atoms with Crippen LogP contribution < -0.4 is 0 Å². The fraction of sp³-hybridized carbons (Fsp3) is 0.636. The van der Waals surface area contributed by atoms with E-state index in [2.05, 4.69) is 15.9 Å². The Kier molecular flexibility index (Phi) is 5.21. The number of sulfonamides is 1. The number of hydrogen-bond acceptors (Lipinski definition) is 2. The van der Waals surface area contributed by atoms with Crippen molar-refractivity contribution in [2.45, 2.75) is 26.7 Å². The van der Waals surface area contributed by atoms with E-state index in [1.807, 2.05) is 19.9 Å².